The van der Waals surface area contributed by atoms with E-state index in [0.717, 1.165) is 24.4 Å². The molecular formula is C18H29N3. The molecule has 0 saturated carbocycles. The largest absolute Gasteiger partial charge is 0.300 e. The van der Waals surface area contributed by atoms with E-state index in [1.807, 2.05) is 18.5 Å². The molecule has 2 atom stereocenters. The maximum absolute atomic E-state index is 4.22. The summed E-state index contributed by atoms with van der Waals surface area (Å²) >= 11 is 0. The molecular weight excluding hydrogens is 258 g/mol. The lowest BCUT2D eigenvalue weighted by Gasteiger charge is -2.43. The van der Waals surface area contributed by atoms with Gasteiger partial charge in [-0.15, -0.1) is 0 Å². The van der Waals surface area contributed by atoms with Crippen molar-refractivity contribution in [2.75, 3.05) is 26.2 Å². The highest BCUT2D eigenvalue weighted by Gasteiger charge is 2.29. The summed E-state index contributed by atoms with van der Waals surface area (Å²) in [5.74, 6) is 1.75. The van der Waals surface area contributed by atoms with Gasteiger partial charge in [-0.05, 0) is 55.8 Å². The van der Waals surface area contributed by atoms with E-state index in [9.17, 15) is 0 Å². The number of likely N-dealkylation sites (tertiary alicyclic amines) is 2. The molecule has 0 amide bonds. The Labute approximate surface area is 129 Å². The van der Waals surface area contributed by atoms with Crippen LogP contribution in [0.15, 0.2) is 24.5 Å². The van der Waals surface area contributed by atoms with E-state index in [2.05, 4.69) is 34.7 Å². The molecule has 3 heteroatoms. The second-order valence-electron chi connectivity index (χ2n) is 7.27. The molecule has 3 nitrogen and oxygen atoms in total. The van der Waals surface area contributed by atoms with Crippen molar-refractivity contribution in [1.82, 2.24) is 14.8 Å². The van der Waals surface area contributed by atoms with Gasteiger partial charge in [0, 0.05) is 38.1 Å². The Morgan fingerprint density at radius 3 is 2.48 bits per heavy atom. The molecule has 2 saturated heterocycles. The van der Waals surface area contributed by atoms with Crippen LogP contribution in [-0.2, 0) is 6.54 Å². The van der Waals surface area contributed by atoms with Gasteiger partial charge in [-0.3, -0.25) is 14.8 Å². The molecule has 0 spiro atoms. The number of pyridine rings is 1. The van der Waals surface area contributed by atoms with Gasteiger partial charge in [0.1, 0.15) is 0 Å². The first-order chi connectivity index (χ1) is 10.2. The van der Waals surface area contributed by atoms with Crippen molar-refractivity contribution in [3.05, 3.63) is 30.1 Å². The monoisotopic (exact) mass is 287 g/mol. The predicted octanol–water partition coefficient (Wildman–Crippen LogP) is 3.02. The van der Waals surface area contributed by atoms with Gasteiger partial charge in [0.05, 0.1) is 0 Å². The average molecular weight is 287 g/mol. The minimum Gasteiger partial charge on any atom is -0.300 e. The van der Waals surface area contributed by atoms with Gasteiger partial charge in [0.2, 0.25) is 0 Å². The van der Waals surface area contributed by atoms with Crippen molar-refractivity contribution in [2.24, 2.45) is 11.8 Å². The number of aromatic nitrogens is 1. The van der Waals surface area contributed by atoms with E-state index in [1.54, 1.807) is 0 Å². The van der Waals surface area contributed by atoms with Crippen molar-refractivity contribution in [3.8, 4) is 0 Å². The Kier molecular flexibility index (Phi) is 4.91. The Bertz CT molecular complexity index is 415. The highest BCUT2D eigenvalue weighted by molar-refractivity contribution is 5.08. The molecule has 2 aliphatic heterocycles. The SMILES string of the molecule is C[C@H]1C[C@H](C)CN(C2CCN(Cc3cccnc3)CC2)C1. The zero-order valence-corrected chi connectivity index (χ0v) is 13.5. The quantitative estimate of drug-likeness (QED) is 0.852. The molecule has 0 unspecified atom stereocenters. The average Bonchev–Trinajstić information content (AvgIpc) is 2.48. The third-order valence-electron chi connectivity index (χ3n) is 5.10. The fourth-order valence-corrected chi connectivity index (χ4v) is 4.20. The lowest BCUT2D eigenvalue weighted by atomic mass is 9.89. The summed E-state index contributed by atoms with van der Waals surface area (Å²) in [6, 6.07) is 5.05. The maximum Gasteiger partial charge on any atom is 0.0312 e. The summed E-state index contributed by atoms with van der Waals surface area (Å²) in [5.41, 5.74) is 1.34. The predicted molar refractivity (Wildman–Crippen MR) is 87.1 cm³/mol. The molecule has 21 heavy (non-hydrogen) atoms. The van der Waals surface area contributed by atoms with E-state index in [4.69, 9.17) is 0 Å². The van der Waals surface area contributed by atoms with Crippen LogP contribution in [-0.4, -0.2) is 47.0 Å². The molecule has 2 aliphatic rings. The number of nitrogens with zero attached hydrogens (tertiary/aromatic N) is 3. The molecule has 116 valence electrons. The molecule has 0 radical (unpaired) electrons. The van der Waals surface area contributed by atoms with Crippen molar-refractivity contribution in [3.63, 3.8) is 0 Å². The van der Waals surface area contributed by atoms with Crippen molar-refractivity contribution < 1.29 is 0 Å². The minimum atomic E-state index is 0.820. The van der Waals surface area contributed by atoms with Crippen molar-refractivity contribution in [2.45, 2.75) is 45.7 Å². The van der Waals surface area contributed by atoms with Crippen LogP contribution in [0.4, 0.5) is 0 Å². The topological polar surface area (TPSA) is 19.4 Å². The number of piperidine rings is 2. The van der Waals surface area contributed by atoms with Gasteiger partial charge in [-0.25, -0.2) is 0 Å². The van der Waals surface area contributed by atoms with Gasteiger partial charge >= 0.3 is 0 Å². The third-order valence-corrected chi connectivity index (χ3v) is 5.10. The van der Waals surface area contributed by atoms with E-state index in [-0.39, 0.29) is 0 Å². The minimum absolute atomic E-state index is 0.820. The summed E-state index contributed by atoms with van der Waals surface area (Å²) in [6.45, 7) is 11.0. The Morgan fingerprint density at radius 1 is 1.14 bits per heavy atom. The van der Waals surface area contributed by atoms with E-state index < -0.39 is 0 Å². The summed E-state index contributed by atoms with van der Waals surface area (Å²) in [4.78, 5) is 9.59. The molecule has 3 rings (SSSR count). The lowest BCUT2D eigenvalue weighted by molar-refractivity contribution is 0.0529. The Morgan fingerprint density at radius 2 is 1.86 bits per heavy atom. The van der Waals surface area contributed by atoms with Gasteiger partial charge < -0.3 is 0 Å². The van der Waals surface area contributed by atoms with Crippen LogP contribution in [0.25, 0.3) is 0 Å². The second kappa shape index (κ2) is 6.89. The Balaban J connectivity index is 1.48. The standard InChI is InChI=1S/C18H29N3/c1-15-10-16(2)13-21(12-15)18-5-8-20(9-6-18)14-17-4-3-7-19-11-17/h3-4,7,11,15-16,18H,5-6,8-10,12-14H2,1-2H3/t15-,16-/m0/s1. The van der Waals surface area contributed by atoms with Crippen LogP contribution in [0.2, 0.25) is 0 Å². The zero-order valence-electron chi connectivity index (χ0n) is 13.5. The van der Waals surface area contributed by atoms with Crippen LogP contribution < -0.4 is 0 Å². The highest BCUT2D eigenvalue weighted by Crippen LogP contribution is 2.26. The van der Waals surface area contributed by atoms with Crippen molar-refractivity contribution >= 4 is 0 Å². The molecule has 0 bridgehead atoms. The molecule has 0 N–H and O–H groups in total. The lowest BCUT2D eigenvalue weighted by Crippen LogP contribution is -2.49. The zero-order chi connectivity index (χ0) is 14.7. The number of hydrogen-bond acceptors (Lipinski definition) is 3. The van der Waals surface area contributed by atoms with Crippen LogP contribution in [0.5, 0.6) is 0 Å². The smallest absolute Gasteiger partial charge is 0.0312 e. The fourth-order valence-electron chi connectivity index (χ4n) is 4.20. The van der Waals surface area contributed by atoms with Gasteiger partial charge in [-0.1, -0.05) is 19.9 Å². The summed E-state index contributed by atoms with van der Waals surface area (Å²) in [7, 11) is 0. The molecule has 0 aromatic carbocycles. The van der Waals surface area contributed by atoms with E-state index in [0.29, 0.717) is 0 Å². The molecule has 0 aliphatic carbocycles. The number of hydrogen-bond donors (Lipinski definition) is 0. The summed E-state index contributed by atoms with van der Waals surface area (Å²) < 4.78 is 0. The van der Waals surface area contributed by atoms with Crippen molar-refractivity contribution in [1.29, 1.82) is 0 Å². The highest BCUT2D eigenvalue weighted by atomic mass is 15.2. The molecule has 3 heterocycles. The third kappa shape index (κ3) is 4.04. The van der Waals surface area contributed by atoms with Gasteiger partial charge in [0.25, 0.3) is 0 Å². The van der Waals surface area contributed by atoms with Crippen LogP contribution in [0.3, 0.4) is 0 Å². The second-order valence-corrected chi connectivity index (χ2v) is 7.27. The van der Waals surface area contributed by atoms with E-state index in [1.165, 1.54) is 51.0 Å². The molecule has 1 aromatic heterocycles. The maximum atomic E-state index is 4.22. The number of rotatable bonds is 3. The normalized spacial score (nSPS) is 29.6. The first kappa shape index (κ1) is 15.0. The molecule has 2 fully saturated rings. The first-order valence-electron chi connectivity index (χ1n) is 8.56. The molecule has 1 aromatic rings. The van der Waals surface area contributed by atoms with Gasteiger partial charge in [-0.2, -0.15) is 0 Å². The summed E-state index contributed by atoms with van der Waals surface area (Å²) in [5, 5.41) is 0. The van der Waals surface area contributed by atoms with Gasteiger partial charge in [0.15, 0.2) is 0 Å². The fraction of sp³-hybridized carbons (Fsp3) is 0.722. The summed E-state index contributed by atoms with van der Waals surface area (Å²) in [6.07, 6.45) is 7.93. The first-order valence-corrected chi connectivity index (χ1v) is 8.56. The Hall–Kier alpha value is -0.930. The van der Waals surface area contributed by atoms with Crippen LogP contribution in [0, 0.1) is 11.8 Å². The van der Waals surface area contributed by atoms with Crippen LogP contribution in [0.1, 0.15) is 38.7 Å². The van der Waals surface area contributed by atoms with Crippen LogP contribution >= 0.6 is 0 Å². The van der Waals surface area contributed by atoms with E-state index >= 15 is 0 Å².